The van der Waals surface area contributed by atoms with Crippen molar-refractivity contribution < 1.29 is 19.4 Å². The van der Waals surface area contributed by atoms with Crippen LogP contribution in [0.3, 0.4) is 0 Å². The van der Waals surface area contributed by atoms with Crippen molar-refractivity contribution in [3.05, 3.63) is 0 Å². The minimum Gasteiger partial charge on any atom is -0.480 e. The lowest BCUT2D eigenvalue weighted by Crippen LogP contribution is -2.49. The molecule has 0 aromatic heterocycles. The van der Waals surface area contributed by atoms with Gasteiger partial charge in [0.1, 0.15) is 6.04 Å². The second kappa shape index (κ2) is 7.59. The van der Waals surface area contributed by atoms with Crippen LogP contribution in [0.4, 0.5) is 0 Å². The first-order chi connectivity index (χ1) is 9.30. The van der Waals surface area contributed by atoms with Gasteiger partial charge >= 0.3 is 5.97 Å². The highest BCUT2D eigenvalue weighted by molar-refractivity contribution is 5.84. The quantitative estimate of drug-likeness (QED) is 0.671. The van der Waals surface area contributed by atoms with Crippen LogP contribution in [-0.2, 0) is 14.3 Å². The average Bonchev–Trinajstić information content (AvgIpc) is 2.35. The molecule has 0 bridgehead atoms. The van der Waals surface area contributed by atoms with E-state index in [-0.39, 0.29) is 18.4 Å². The predicted molar refractivity (Wildman–Crippen MR) is 75.5 cm³/mol. The number of carbonyl (C=O) groups excluding carboxylic acids is 1. The highest BCUT2D eigenvalue weighted by atomic mass is 16.5. The molecule has 0 spiro atoms. The van der Waals surface area contributed by atoms with Crippen LogP contribution in [0.15, 0.2) is 0 Å². The number of carboxylic acid groups (broad SMARTS) is 1. The first-order valence-corrected chi connectivity index (χ1v) is 7.15. The molecule has 3 N–H and O–H groups in total. The van der Waals surface area contributed by atoms with Crippen LogP contribution in [0.25, 0.3) is 0 Å². The van der Waals surface area contributed by atoms with Crippen LogP contribution in [-0.4, -0.2) is 48.8 Å². The maximum absolute atomic E-state index is 11.8. The number of hydrogen-bond acceptors (Lipinski definition) is 4. The third-order valence-electron chi connectivity index (χ3n) is 3.39. The minimum absolute atomic E-state index is 0.198. The Bertz CT molecular complexity index is 333. The van der Waals surface area contributed by atoms with Gasteiger partial charge < -0.3 is 20.5 Å². The molecule has 0 aliphatic carbocycles. The third kappa shape index (κ3) is 5.88. The second-order valence-corrected chi connectivity index (χ2v) is 6.27. The summed E-state index contributed by atoms with van der Waals surface area (Å²) < 4.78 is 5.63. The fourth-order valence-corrected chi connectivity index (χ4v) is 2.16. The first-order valence-electron chi connectivity index (χ1n) is 7.15. The van der Waals surface area contributed by atoms with Gasteiger partial charge in [0, 0.05) is 6.42 Å². The average molecular weight is 286 g/mol. The van der Waals surface area contributed by atoms with E-state index >= 15 is 0 Å². The van der Waals surface area contributed by atoms with Gasteiger partial charge in [0.25, 0.3) is 0 Å². The Morgan fingerprint density at radius 1 is 1.35 bits per heavy atom. The maximum atomic E-state index is 11.8. The monoisotopic (exact) mass is 286 g/mol. The summed E-state index contributed by atoms with van der Waals surface area (Å²) in [7, 11) is 0. The van der Waals surface area contributed by atoms with Crippen molar-refractivity contribution in [2.24, 2.45) is 5.41 Å². The molecule has 1 aliphatic rings. The van der Waals surface area contributed by atoms with Gasteiger partial charge in [0.2, 0.25) is 5.91 Å². The molecule has 0 unspecified atom stereocenters. The molecule has 1 heterocycles. The van der Waals surface area contributed by atoms with Gasteiger partial charge in [-0.05, 0) is 31.3 Å². The van der Waals surface area contributed by atoms with Crippen LogP contribution in [0.2, 0.25) is 0 Å². The van der Waals surface area contributed by atoms with E-state index in [0.29, 0.717) is 6.61 Å². The van der Waals surface area contributed by atoms with Crippen molar-refractivity contribution in [3.63, 3.8) is 0 Å². The molecule has 1 fully saturated rings. The van der Waals surface area contributed by atoms with Gasteiger partial charge in [-0.1, -0.05) is 20.8 Å². The lowest BCUT2D eigenvalue weighted by Gasteiger charge is -2.28. The Kier molecular flexibility index (Phi) is 6.42. The van der Waals surface area contributed by atoms with E-state index in [2.05, 4.69) is 10.6 Å². The van der Waals surface area contributed by atoms with Crippen LogP contribution in [0.1, 0.15) is 40.0 Å². The Labute approximate surface area is 120 Å². The van der Waals surface area contributed by atoms with Gasteiger partial charge in [0.15, 0.2) is 0 Å². The summed E-state index contributed by atoms with van der Waals surface area (Å²) in [5.74, 6) is -1.29. The molecule has 1 aliphatic heterocycles. The van der Waals surface area contributed by atoms with Gasteiger partial charge in [0.05, 0.1) is 12.7 Å². The fraction of sp³-hybridized carbons (Fsp3) is 0.857. The number of ether oxygens (including phenoxy) is 1. The van der Waals surface area contributed by atoms with E-state index in [1.54, 1.807) is 20.8 Å². The highest BCUT2D eigenvalue weighted by Gasteiger charge is 2.32. The zero-order valence-electron chi connectivity index (χ0n) is 12.6. The van der Waals surface area contributed by atoms with Crippen molar-refractivity contribution in [2.45, 2.75) is 52.2 Å². The molecular weight excluding hydrogens is 260 g/mol. The summed E-state index contributed by atoms with van der Waals surface area (Å²) in [6, 6.07) is -0.881. The van der Waals surface area contributed by atoms with E-state index < -0.39 is 17.4 Å². The molecule has 0 saturated carbocycles. The number of aliphatic carboxylic acids is 1. The van der Waals surface area contributed by atoms with Crippen molar-refractivity contribution in [1.82, 2.24) is 10.6 Å². The minimum atomic E-state index is -1.01. The molecule has 6 nitrogen and oxygen atoms in total. The maximum Gasteiger partial charge on any atom is 0.326 e. The van der Waals surface area contributed by atoms with E-state index in [0.717, 1.165) is 25.9 Å². The third-order valence-corrected chi connectivity index (χ3v) is 3.39. The molecule has 0 aromatic carbocycles. The zero-order valence-corrected chi connectivity index (χ0v) is 12.6. The topological polar surface area (TPSA) is 87.7 Å². The van der Waals surface area contributed by atoms with Crippen LogP contribution in [0, 0.1) is 5.41 Å². The Morgan fingerprint density at radius 2 is 1.95 bits per heavy atom. The standard InChI is InChI=1S/C14H26N2O4/c1-14(2,3)12(13(18)19)16-11(17)6-9-20-10-4-7-15-8-5-10/h10,12,15H,4-9H2,1-3H3,(H,16,17)(H,18,19)/t12-/m1/s1. The Morgan fingerprint density at radius 3 is 2.45 bits per heavy atom. The lowest BCUT2D eigenvalue weighted by atomic mass is 9.86. The van der Waals surface area contributed by atoms with Gasteiger partial charge in [-0.25, -0.2) is 4.79 Å². The number of amides is 1. The molecule has 20 heavy (non-hydrogen) atoms. The Balaban J connectivity index is 2.29. The van der Waals surface area contributed by atoms with E-state index in [1.165, 1.54) is 0 Å². The van der Waals surface area contributed by atoms with Crippen LogP contribution in [0.5, 0.6) is 0 Å². The van der Waals surface area contributed by atoms with Gasteiger partial charge in [-0.2, -0.15) is 0 Å². The van der Waals surface area contributed by atoms with Crippen LogP contribution >= 0.6 is 0 Å². The lowest BCUT2D eigenvalue weighted by molar-refractivity contribution is -0.145. The number of carboxylic acids is 1. The van der Waals surface area contributed by atoms with Gasteiger partial charge in [-0.3, -0.25) is 4.79 Å². The summed E-state index contributed by atoms with van der Waals surface area (Å²) in [6.45, 7) is 7.60. The summed E-state index contributed by atoms with van der Waals surface area (Å²) in [6.07, 6.45) is 2.33. The molecule has 1 rings (SSSR count). The molecule has 1 saturated heterocycles. The number of piperidine rings is 1. The smallest absolute Gasteiger partial charge is 0.326 e. The number of carbonyl (C=O) groups is 2. The summed E-state index contributed by atoms with van der Waals surface area (Å²) >= 11 is 0. The fourth-order valence-electron chi connectivity index (χ4n) is 2.16. The number of rotatable bonds is 6. The van der Waals surface area contributed by atoms with Crippen molar-refractivity contribution in [3.8, 4) is 0 Å². The van der Waals surface area contributed by atoms with Gasteiger partial charge in [-0.15, -0.1) is 0 Å². The molecular formula is C14H26N2O4. The molecule has 1 atom stereocenters. The molecule has 6 heteroatoms. The SMILES string of the molecule is CC(C)(C)[C@H](NC(=O)CCOC1CCNCC1)C(=O)O. The van der Waals surface area contributed by atoms with E-state index in [4.69, 9.17) is 9.84 Å². The molecule has 0 aromatic rings. The molecule has 116 valence electrons. The summed E-state index contributed by atoms with van der Waals surface area (Å²) in [4.78, 5) is 22.9. The number of hydrogen-bond donors (Lipinski definition) is 3. The van der Waals surface area contributed by atoms with Crippen molar-refractivity contribution in [2.75, 3.05) is 19.7 Å². The zero-order chi connectivity index (χ0) is 15.2. The highest BCUT2D eigenvalue weighted by Crippen LogP contribution is 2.19. The summed E-state index contributed by atoms with van der Waals surface area (Å²) in [5.41, 5.74) is -0.516. The van der Waals surface area contributed by atoms with Crippen molar-refractivity contribution in [1.29, 1.82) is 0 Å². The Hall–Kier alpha value is -1.14. The largest absolute Gasteiger partial charge is 0.480 e. The predicted octanol–water partition coefficient (Wildman–Crippen LogP) is 0.761. The van der Waals surface area contributed by atoms with Crippen LogP contribution < -0.4 is 10.6 Å². The van der Waals surface area contributed by atoms with E-state index in [9.17, 15) is 9.59 Å². The molecule has 0 radical (unpaired) electrons. The second-order valence-electron chi connectivity index (χ2n) is 6.27. The van der Waals surface area contributed by atoms with E-state index in [1.807, 2.05) is 0 Å². The number of nitrogens with one attached hydrogen (secondary N) is 2. The van der Waals surface area contributed by atoms with Crippen molar-refractivity contribution >= 4 is 11.9 Å². The first kappa shape index (κ1) is 16.9. The summed E-state index contributed by atoms with van der Waals surface area (Å²) in [5, 5.41) is 14.9. The normalized spacial score (nSPS) is 18.6. The molecule has 1 amide bonds.